The molecular formula is C19H18N6. The molecule has 0 saturated carbocycles. The van der Waals surface area contributed by atoms with E-state index in [9.17, 15) is 0 Å². The lowest BCUT2D eigenvalue weighted by atomic mass is 10.0. The largest absolute Gasteiger partial charge is 0.368 e. The maximum atomic E-state index is 8.85. The summed E-state index contributed by atoms with van der Waals surface area (Å²) < 4.78 is 0. The highest BCUT2D eigenvalue weighted by atomic mass is 15.2. The molecule has 0 aliphatic rings. The van der Waals surface area contributed by atoms with Gasteiger partial charge in [0, 0.05) is 12.1 Å². The molecule has 0 saturated heterocycles. The zero-order valence-electron chi connectivity index (χ0n) is 14.1. The number of nitrogens with two attached hydrogens (primary N) is 1. The molecule has 1 heterocycles. The van der Waals surface area contributed by atoms with Gasteiger partial charge in [-0.2, -0.15) is 20.2 Å². The number of aryl methyl sites for hydroxylation is 2. The van der Waals surface area contributed by atoms with Crippen molar-refractivity contribution >= 4 is 17.6 Å². The second-order valence-electron chi connectivity index (χ2n) is 5.92. The second-order valence-corrected chi connectivity index (χ2v) is 5.92. The summed E-state index contributed by atoms with van der Waals surface area (Å²) in [5.41, 5.74) is 10.7. The van der Waals surface area contributed by atoms with E-state index in [1.54, 1.807) is 24.3 Å². The summed E-state index contributed by atoms with van der Waals surface area (Å²) >= 11 is 0. The monoisotopic (exact) mass is 330 g/mol. The number of hydrogen-bond donors (Lipinski definition) is 2. The van der Waals surface area contributed by atoms with Gasteiger partial charge in [-0.25, -0.2) is 0 Å². The molecule has 0 bridgehead atoms. The van der Waals surface area contributed by atoms with Crippen LogP contribution in [0.25, 0.3) is 0 Å². The lowest BCUT2D eigenvalue weighted by Gasteiger charge is -2.08. The summed E-state index contributed by atoms with van der Waals surface area (Å²) in [7, 11) is 0. The predicted molar refractivity (Wildman–Crippen MR) is 97.4 cm³/mol. The molecule has 3 rings (SSSR count). The number of nitrogens with one attached hydrogen (secondary N) is 1. The van der Waals surface area contributed by atoms with Crippen molar-refractivity contribution in [1.29, 1.82) is 5.26 Å². The predicted octanol–water partition coefficient (Wildman–Crippen LogP) is 3.28. The minimum atomic E-state index is 0.172. The summed E-state index contributed by atoms with van der Waals surface area (Å²) in [5, 5.41) is 11.9. The van der Waals surface area contributed by atoms with E-state index in [1.807, 2.05) is 0 Å². The zero-order valence-corrected chi connectivity index (χ0v) is 14.1. The molecule has 3 N–H and O–H groups in total. The van der Waals surface area contributed by atoms with E-state index in [4.69, 9.17) is 11.0 Å². The molecule has 25 heavy (non-hydrogen) atoms. The van der Waals surface area contributed by atoms with Crippen LogP contribution in [0.3, 0.4) is 0 Å². The van der Waals surface area contributed by atoms with Gasteiger partial charge in [0.1, 0.15) is 5.82 Å². The van der Waals surface area contributed by atoms with Crippen LogP contribution < -0.4 is 11.1 Å². The summed E-state index contributed by atoms with van der Waals surface area (Å²) in [6.07, 6.45) is 0.581. The van der Waals surface area contributed by atoms with Crippen LogP contribution in [0.5, 0.6) is 0 Å². The van der Waals surface area contributed by atoms with Crippen molar-refractivity contribution in [3.63, 3.8) is 0 Å². The smallest absolute Gasteiger partial charge is 0.232 e. The Hall–Kier alpha value is -3.46. The number of aromatic nitrogens is 3. The van der Waals surface area contributed by atoms with E-state index < -0.39 is 0 Å². The normalized spacial score (nSPS) is 10.3. The number of anilines is 3. The highest BCUT2D eigenvalue weighted by molar-refractivity contribution is 5.55. The average molecular weight is 330 g/mol. The van der Waals surface area contributed by atoms with Crippen molar-refractivity contribution in [3.05, 3.63) is 70.5 Å². The lowest BCUT2D eigenvalue weighted by Crippen LogP contribution is -2.07. The van der Waals surface area contributed by atoms with Crippen LogP contribution in [0.2, 0.25) is 0 Å². The SMILES string of the molecule is Cc1cc(C)cc(Cc2nc(N)nc(Nc3ccc(C#N)cc3)n2)c1. The van der Waals surface area contributed by atoms with E-state index in [0.29, 0.717) is 23.8 Å². The topological polar surface area (TPSA) is 101 Å². The van der Waals surface area contributed by atoms with Gasteiger partial charge in [0.25, 0.3) is 0 Å². The molecule has 0 aliphatic heterocycles. The number of nitriles is 1. The van der Waals surface area contributed by atoms with Gasteiger partial charge in [-0.05, 0) is 43.7 Å². The fraction of sp³-hybridized carbons (Fsp3) is 0.158. The number of hydrogen-bond acceptors (Lipinski definition) is 6. The van der Waals surface area contributed by atoms with Crippen molar-refractivity contribution in [2.75, 3.05) is 11.1 Å². The second kappa shape index (κ2) is 6.97. The van der Waals surface area contributed by atoms with Crippen molar-refractivity contribution in [2.24, 2.45) is 0 Å². The number of nitrogens with zero attached hydrogens (tertiary/aromatic N) is 4. The summed E-state index contributed by atoms with van der Waals surface area (Å²) in [4.78, 5) is 12.8. The van der Waals surface area contributed by atoms with E-state index in [2.05, 4.69) is 58.4 Å². The van der Waals surface area contributed by atoms with Crippen LogP contribution in [0.4, 0.5) is 17.6 Å². The van der Waals surface area contributed by atoms with Crippen LogP contribution in [-0.2, 0) is 6.42 Å². The summed E-state index contributed by atoms with van der Waals surface area (Å²) in [5.74, 6) is 1.16. The van der Waals surface area contributed by atoms with Gasteiger partial charge in [0.15, 0.2) is 0 Å². The third kappa shape index (κ3) is 4.30. The molecule has 124 valence electrons. The highest BCUT2D eigenvalue weighted by Gasteiger charge is 2.07. The van der Waals surface area contributed by atoms with Gasteiger partial charge < -0.3 is 11.1 Å². The zero-order chi connectivity index (χ0) is 17.8. The van der Waals surface area contributed by atoms with Gasteiger partial charge >= 0.3 is 0 Å². The Labute approximate surface area is 146 Å². The van der Waals surface area contributed by atoms with Crippen molar-refractivity contribution in [2.45, 2.75) is 20.3 Å². The summed E-state index contributed by atoms with van der Waals surface area (Å²) in [6, 6.07) is 15.5. The first kappa shape index (κ1) is 16.4. The Morgan fingerprint density at radius 1 is 1.00 bits per heavy atom. The molecule has 0 radical (unpaired) electrons. The minimum Gasteiger partial charge on any atom is -0.368 e. The maximum absolute atomic E-state index is 8.85. The van der Waals surface area contributed by atoms with Gasteiger partial charge in [0.2, 0.25) is 11.9 Å². The molecule has 0 amide bonds. The number of rotatable bonds is 4. The van der Waals surface area contributed by atoms with Crippen molar-refractivity contribution < 1.29 is 0 Å². The quantitative estimate of drug-likeness (QED) is 0.761. The standard InChI is InChI=1S/C19H18N6/c1-12-7-13(2)9-15(8-12)10-17-23-18(21)25-19(24-17)22-16-5-3-14(11-20)4-6-16/h3-9H,10H2,1-2H3,(H3,21,22,23,24,25). The molecule has 2 aromatic carbocycles. The van der Waals surface area contributed by atoms with Gasteiger partial charge in [-0.3, -0.25) is 0 Å². The van der Waals surface area contributed by atoms with Crippen molar-refractivity contribution in [1.82, 2.24) is 15.0 Å². The Bertz CT molecular complexity index is 921. The molecule has 3 aromatic rings. The van der Waals surface area contributed by atoms with Crippen LogP contribution in [0.1, 0.15) is 28.1 Å². The molecule has 0 aliphatic carbocycles. The van der Waals surface area contributed by atoms with Gasteiger partial charge in [0.05, 0.1) is 11.6 Å². The molecule has 0 fully saturated rings. The molecular weight excluding hydrogens is 312 g/mol. The Morgan fingerprint density at radius 2 is 1.68 bits per heavy atom. The van der Waals surface area contributed by atoms with E-state index >= 15 is 0 Å². The first-order chi connectivity index (χ1) is 12.0. The molecule has 1 aromatic heterocycles. The third-order valence-corrected chi connectivity index (χ3v) is 3.61. The van der Waals surface area contributed by atoms with Crippen LogP contribution in [-0.4, -0.2) is 15.0 Å². The van der Waals surface area contributed by atoms with Crippen LogP contribution in [0.15, 0.2) is 42.5 Å². The molecule has 0 spiro atoms. The molecule has 0 atom stereocenters. The van der Waals surface area contributed by atoms with Crippen LogP contribution >= 0.6 is 0 Å². The first-order valence-corrected chi connectivity index (χ1v) is 7.86. The summed E-state index contributed by atoms with van der Waals surface area (Å²) in [6.45, 7) is 4.13. The highest BCUT2D eigenvalue weighted by Crippen LogP contribution is 2.16. The minimum absolute atomic E-state index is 0.172. The Balaban J connectivity index is 1.83. The molecule has 0 unspecified atom stereocenters. The van der Waals surface area contributed by atoms with E-state index in [-0.39, 0.29) is 5.95 Å². The Morgan fingerprint density at radius 3 is 2.32 bits per heavy atom. The average Bonchev–Trinajstić information content (AvgIpc) is 2.54. The van der Waals surface area contributed by atoms with Crippen molar-refractivity contribution in [3.8, 4) is 6.07 Å². The van der Waals surface area contributed by atoms with Gasteiger partial charge in [-0.15, -0.1) is 0 Å². The molecule has 6 nitrogen and oxygen atoms in total. The van der Waals surface area contributed by atoms with E-state index in [0.717, 1.165) is 11.3 Å². The Kier molecular flexibility index (Phi) is 4.57. The fourth-order valence-corrected chi connectivity index (χ4v) is 2.68. The fourth-order valence-electron chi connectivity index (χ4n) is 2.68. The lowest BCUT2D eigenvalue weighted by molar-refractivity contribution is 0.934. The number of benzene rings is 2. The van der Waals surface area contributed by atoms with E-state index in [1.165, 1.54) is 11.1 Å². The third-order valence-electron chi connectivity index (χ3n) is 3.61. The van der Waals surface area contributed by atoms with Gasteiger partial charge in [-0.1, -0.05) is 29.3 Å². The first-order valence-electron chi connectivity index (χ1n) is 7.86. The molecule has 6 heteroatoms. The maximum Gasteiger partial charge on any atom is 0.232 e. The van der Waals surface area contributed by atoms with Crippen LogP contribution in [0, 0.1) is 25.2 Å². The number of nitrogen functional groups attached to an aromatic ring is 1.